The first kappa shape index (κ1) is 22.5. The Morgan fingerprint density at radius 2 is 1.97 bits per heavy atom. The summed E-state index contributed by atoms with van der Waals surface area (Å²) in [6.45, 7) is 0.395. The number of ether oxygens (including phenoxy) is 2. The average Bonchev–Trinajstić information content (AvgIpc) is 2.83. The Bertz CT molecular complexity index is 1340. The molecule has 0 amide bonds. The van der Waals surface area contributed by atoms with Crippen molar-refractivity contribution in [1.29, 1.82) is 0 Å². The number of aromatic nitrogens is 1. The summed E-state index contributed by atoms with van der Waals surface area (Å²) in [6, 6.07) is 20.9. The molecule has 0 saturated heterocycles. The van der Waals surface area contributed by atoms with Crippen molar-refractivity contribution in [2.45, 2.75) is 6.61 Å². The number of methoxy groups -OCH3 is 1. The van der Waals surface area contributed by atoms with E-state index in [9.17, 15) is 10.1 Å². The van der Waals surface area contributed by atoms with E-state index in [1.165, 1.54) is 24.5 Å². The molecule has 0 atom stereocenters. The van der Waals surface area contributed by atoms with Gasteiger partial charge in [0.05, 0.1) is 21.8 Å². The quantitative estimate of drug-likeness (QED) is 0.128. The minimum Gasteiger partial charge on any atom is -0.493 e. The van der Waals surface area contributed by atoms with Crippen molar-refractivity contribution >= 4 is 51.1 Å². The highest BCUT2D eigenvalue weighted by Gasteiger charge is 2.14. The van der Waals surface area contributed by atoms with Crippen LogP contribution in [0.3, 0.4) is 0 Å². The van der Waals surface area contributed by atoms with Crippen LogP contribution in [0.1, 0.15) is 11.1 Å². The van der Waals surface area contributed by atoms with E-state index in [-0.39, 0.29) is 11.5 Å². The Labute approximate surface area is 203 Å². The van der Waals surface area contributed by atoms with Crippen LogP contribution >= 0.6 is 22.6 Å². The molecule has 8 nitrogen and oxygen atoms in total. The van der Waals surface area contributed by atoms with E-state index in [0.717, 1.165) is 25.5 Å². The first-order valence-electron chi connectivity index (χ1n) is 9.92. The Balaban J connectivity index is 1.52. The highest BCUT2D eigenvalue weighted by Crippen LogP contribution is 2.34. The number of benzene rings is 3. The minimum absolute atomic E-state index is 0.0652. The number of nitro groups is 1. The lowest BCUT2D eigenvalue weighted by Gasteiger charge is -2.14. The summed E-state index contributed by atoms with van der Waals surface area (Å²) in [6.07, 6.45) is 3.00. The summed E-state index contributed by atoms with van der Waals surface area (Å²) in [5.74, 6) is 1.26. The van der Waals surface area contributed by atoms with Crippen LogP contribution < -0.4 is 14.9 Å². The van der Waals surface area contributed by atoms with Crippen LogP contribution in [0, 0.1) is 13.7 Å². The first-order valence-corrected chi connectivity index (χ1v) is 11.0. The number of pyridine rings is 1. The van der Waals surface area contributed by atoms with Gasteiger partial charge >= 0.3 is 5.69 Å². The molecule has 0 saturated carbocycles. The van der Waals surface area contributed by atoms with Crippen LogP contribution in [-0.2, 0) is 6.61 Å². The Morgan fingerprint density at radius 1 is 1.15 bits per heavy atom. The monoisotopic (exact) mass is 554 g/mol. The summed E-state index contributed by atoms with van der Waals surface area (Å²) in [5.41, 5.74) is 4.28. The maximum Gasteiger partial charge on any atom is 0.313 e. The lowest BCUT2D eigenvalue weighted by Crippen LogP contribution is -2.02. The summed E-state index contributed by atoms with van der Waals surface area (Å²) < 4.78 is 12.5. The second-order valence-electron chi connectivity index (χ2n) is 6.96. The molecule has 4 aromatic rings. The second-order valence-corrected chi connectivity index (χ2v) is 8.12. The number of nitrogens with zero attached hydrogens (tertiary/aromatic N) is 3. The van der Waals surface area contributed by atoms with Gasteiger partial charge in [0.1, 0.15) is 6.61 Å². The first-order chi connectivity index (χ1) is 16.1. The van der Waals surface area contributed by atoms with E-state index in [1.807, 2.05) is 30.3 Å². The molecule has 0 spiro atoms. The van der Waals surface area contributed by atoms with Crippen LogP contribution in [0.25, 0.3) is 10.8 Å². The van der Waals surface area contributed by atoms with Gasteiger partial charge in [-0.2, -0.15) is 5.10 Å². The lowest BCUT2D eigenvalue weighted by molar-refractivity contribution is -0.384. The van der Waals surface area contributed by atoms with E-state index in [0.29, 0.717) is 18.1 Å². The van der Waals surface area contributed by atoms with Crippen LogP contribution in [0.5, 0.6) is 11.5 Å². The van der Waals surface area contributed by atoms with Gasteiger partial charge in [0.2, 0.25) is 5.82 Å². The lowest BCUT2D eigenvalue weighted by atomic mass is 10.1. The van der Waals surface area contributed by atoms with E-state index >= 15 is 0 Å². The number of fused-ring (bicyclic) bond motifs is 1. The fraction of sp³-hybridized carbons (Fsp3) is 0.0833. The van der Waals surface area contributed by atoms with Crippen LogP contribution in [0.4, 0.5) is 11.5 Å². The van der Waals surface area contributed by atoms with Crippen molar-refractivity contribution in [3.8, 4) is 11.5 Å². The van der Waals surface area contributed by atoms with Gasteiger partial charge in [0.15, 0.2) is 11.5 Å². The molecule has 1 N–H and O–H groups in total. The number of hydrazone groups is 1. The molecule has 166 valence electrons. The second kappa shape index (κ2) is 10.3. The number of hydrogen-bond acceptors (Lipinski definition) is 7. The van der Waals surface area contributed by atoms with E-state index in [4.69, 9.17) is 9.47 Å². The summed E-state index contributed by atoms with van der Waals surface area (Å²) in [5, 5.41) is 17.5. The number of halogens is 1. The number of nitrogens with one attached hydrogen (secondary N) is 1. The van der Waals surface area contributed by atoms with Gasteiger partial charge in [-0.3, -0.25) is 15.5 Å². The Hall–Kier alpha value is -3.73. The highest BCUT2D eigenvalue weighted by atomic mass is 127. The zero-order valence-corrected chi connectivity index (χ0v) is 19.7. The molecule has 9 heteroatoms. The van der Waals surface area contributed by atoms with Crippen molar-refractivity contribution in [2.24, 2.45) is 5.10 Å². The third-order valence-electron chi connectivity index (χ3n) is 4.87. The molecule has 4 rings (SSSR count). The number of hydrogen-bond donors (Lipinski definition) is 1. The molecule has 0 radical (unpaired) electrons. The summed E-state index contributed by atoms with van der Waals surface area (Å²) in [4.78, 5) is 14.5. The summed E-state index contributed by atoms with van der Waals surface area (Å²) >= 11 is 2.18. The predicted molar refractivity (Wildman–Crippen MR) is 136 cm³/mol. The third-order valence-corrected chi connectivity index (χ3v) is 5.67. The van der Waals surface area contributed by atoms with Crippen LogP contribution in [0.15, 0.2) is 78.0 Å². The normalized spacial score (nSPS) is 11.0. The molecule has 1 aromatic heterocycles. The highest BCUT2D eigenvalue weighted by molar-refractivity contribution is 14.1. The van der Waals surface area contributed by atoms with Gasteiger partial charge in [-0.05, 0) is 62.7 Å². The largest absolute Gasteiger partial charge is 0.493 e. The van der Waals surface area contributed by atoms with Crippen molar-refractivity contribution < 1.29 is 14.4 Å². The minimum atomic E-state index is -0.515. The van der Waals surface area contributed by atoms with E-state index < -0.39 is 4.92 Å². The Kier molecular flexibility index (Phi) is 6.98. The molecule has 0 unspecified atom stereocenters. The van der Waals surface area contributed by atoms with Crippen molar-refractivity contribution in [3.05, 3.63) is 97.7 Å². The van der Waals surface area contributed by atoms with Gasteiger partial charge < -0.3 is 9.47 Å². The molecule has 0 fully saturated rings. The third kappa shape index (κ3) is 5.20. The van der Waals surface area contributed by atoms with Crippen molar-refractivity contribution in [2.75, 3.05) is 12.5 Å². The molecule has 0 bridgehead atoms. The molecule has 3 aromatic carbocycles. The molecule has 0 aliphatic carbocycles. The molecular weight excluding hydrogens is 535 g/mol. The smallest absolute Gasteiger partial charge is 0.313 e. The van der Waals surface area contributed by atoms with Gasteiger partial charge in [-0.15, -0.1) is 0 Å². The van der Waals surface area contributed by atoms with Crippen LogP contribution in [-0.4, -0.2) is 23.2 Å². The van der Waals surface area contributed by atoms with E-state index in [2.05, 4.69) is 56.3 Å². The van der Waals surface area contributed by atoms with Gasteiger partial charge in [-0.25, -0.2) is 4.98 Å². The van der Waals surface area contributed by atoms with Crippen molar-refractivity contribution in [3.63, 3.8) is 0 Å². The Morgan fingerprint density at radius 3 is 2.79 bits per heavy atom. The standard InChI is InChI=1S/C24H19IN4O4/c1-32-22-13-16(14-27-28-24-21(29(30)31)10-5-11-26-24)12-20(25)23(22)33-15-18-8-4-7-17-6-2-3-9-19(17)18/h2-14H,15H2,1H3,(H,26,28)/b27-14-. The SMILES string of the molecule is COc1cc(/C=N\Nc2ncccc2[N+](=O)[O-])cc(I)c1OCc1cccc2ccccc12. The van der Waals surface area contributed by atoms with Gasteiger partial charge in [0, 0.05) is 12.3 Å². The molecule has 33 heavy (non-hydrogen) atoms. The zero-order valence-electron chi connectivity index (χ0n) is 17.6. The molecular formula is C24H19IN4O4. The van der Waals surface area contributed by atoms with E-state index in [1.54, 1.807) is 13.2 Å². The van der Waals surface area contributed by atoms with Crippen LogP contribution in [0.2, 0.25) is 0 Å². The summed E-state index contributed by atoms with van der Waals surface area (Å²) in [7, 11) is 1.58. The van der Waals surface area contributed by atoms with Gasteiger partial charge in [0.25, 0.3) is 0 Å². The topological polar surface area (TPSA) is 98.9 Å². The fourth-order valence-corrected chi connectivity index (χ4v) is 4.10. The molecule has 0 aliphatic heterocycles. The fourth-order valence-electron chi connectivity index (χ4n) is 3.32. The predicted octanol–water partition coefficient (Wildman–Crippen LogP) is 5.78. The number of rotatable bonds is 8. The van der Waals surface area contributed by atoms with Crippen molar-refractivity contribution in [1.82, 2.24) is 4.98 Å². The average molecular weight is 554 g/mol. The van der Waals surface area contributed by atoms with Gasteiger partial charge in [-0.1, -0.05) is 42.5 Å². The molecule has 1 heterocycles. The maximum atomic E-state index is 11.1. The molecule has 0 aliphatic rings. The zero-order chi connectivity index (χ0) is 23.2. The number of anilines is 1. The maximum absolute atomic E-state index is 11.1.